The lowest BCUT2D eigenvalue weighted by atomic mass is 10.2. The molecule has 1 atom stereocenters. The quantitative estimate of drug-likeness (QED) is 0.670. The monoisotopic (exact) mass is 245 g/mol. The summed E-state index contributed by atoms with van der Waals surface area (Å²) < 4.78 is 5.41. The Morgan fingerprint density at radius 2 is 1.94 bits per heavy atom. The number of ether oxygens (including phenoxy) is 1. The minimum atomic E-state index is -0.454. The molecule has 0 heterocycles. The molecule has 0 aromatic heterocycles. The van der Waals surface area contributed by atoms with Crippen LogP contribution in [-0.4, -0.2) is 59.7 Å². The fourth-order valence-corrected chi connectivity index (χ4v) is 2.45. The van der Waals surface area contributed by atoms with E-state index in [1.165, 1.54) is 25.7 Å². The average Bonchev–Trinajstić information content (AvgIpc) is 2.79. The number of aliphatic hydroxyl groups is 2. The maximum Gasteiger partial charge on any atom is 0.0900 e. The summed E-state index contributed by atoms with van der Waals surface area (Å²) >= 11 is 0. The predicted molar refractivity (Wildman–Crippen MR) is 68.0 cm³/mol. The number of aliphatic hydroxyl groups excluding tert-OH is 2. The predicted octanol–water partition coefficient (Wildman–Crippen LogP) is 1.01. The zero-order chi connectivity index (χ0) is 12.7. The van der Waals surface area contributed by atoms with Gasteiger partial charge in [-0.2, -0.15) is 0 Å². The van der Waals surface area contributed by atoms with Crippen molar-refractivity contribution in [2.75, 3.05) is 26.3 Å². The van der Waals surface area contributed by atoms with Crippen LogP contribution in [0.5, 0.6) is 0 Å². The van der Waals surface area contributed by atoms with Crippen molar-refractivity contribution in [3.8, 4) is 0 Å². The van der Waals surface area contributed by atoms with Gasteiger partial charge in [0, 0.05) is 19.1 Å². The highest BCUT2D eigenvalue weighted by atomic mass is 16.5. The summed E-state index contributed by atoms with van der Waals surface area (Å²) in [6.45, 7) is 5.74. The fraction of sp³-hybridized carbons (Fsp3) is 1.00. The van der Waals surface area contributed by atoms with E-state index in [0.717, 1.165) is 0 Å². The third-order valence-corrected chi connectivity index (χ3v) is 3.30. The normalized spacial score (nSPS) is 19.4. The van der Waals surface area contributed by atoms with E-state index in [4.69, 9.17) is 9.84 Å². The highest BCUT2D eigenvalue weighted by Crippen LogP contribution is 2.23. The lowest BCUT2D eigenvalue weighted by Gasteiger charge is -2.30. The third-order valence-electron chi connectivity index (χ3n) is 3.30. The van der Waals surface area contributed by atoms with Crippen molar-refractivity contribution in [3.63, 3.8) is 0 Å². The van der Waals surface area contributed by atoms with Gasteiger partial charge >= 0.3 is 0 Å². The molecule has 0 aromatic carbocycles. The summed E-state index contributed by atoms with van der Waals surface area (Å²) in [5.74, 6) is 0. The van der Waals surface area contributed by atoms with Crippen molar-refractivity contribution in [1.29, 1.82) is 0 Å². The highest BCUT2D eigenvalue weighted by molar-refractivity contribution is 4.79. The number of rotatable bonds is 8. The van der Waals surface area contributed by atoms with Crippen LogP contribution in [0, 0.1) is 0 Å². The van der Waals surface area contributed by atoms with Crippen LogP contribution in [0.2, 0.25) is 0 Å². The first-order valence-corrected chi connectivity index (χ1v) is 6.78. The molecule has 1 unspecified atom stereocenters. The minimum Gasteiger partial charge on any atom is -0.395 e. The molecule has 0 bridgehead atoms. The van der Waals surface area contributed by atoms with Gasteiger partial charge in [-0.1, -0.05) is 12.8 Å². The van der Waals surface area contributed by atoms with E-state index in [9.17, 15) is 5.11 Å². The lowest BCUT2D eigenvalue weighted by molar-refractivity contribution is -0.0161. The summed E-state index contributed by atoms with van der Waals surface area (Å²) in [6.07, 6.45) is 4.62. The van der Waals surface area contributed by atoms with Crippen molar-refractivity contribution in [2.24, 2.45) is 0 Å². The number of hydrogen-bond acceptors (Lipinski definition) is 4. The maximum absolute atomic E-state index is 9.91. The first kappa shape index (κ1) is 14.9. The van der Waals surface area contributed by atoms with Crippen molar-refractivity contribution < 1.29 is 14.9 Å². The molecule has 0 aromatic rings. The standard InChI is InChI=1S/C13H27NO3/c1-11(2)17-10-13(16)9-14(7-8-15)12-5-3-4-6-12/h11-13,15-16H,3-10H2,1-2H3. The molecule has 1 rings (SSSR count). The topological polar surface area (TPSA) is 52.9 Å². The van der Waals surface area contributed by atoms with E-state index in [-0.39, 0.29) is 12.7 Å². The second-order valence-corrected chi connectivity index (χ2v) is 5.19. The molecule has 0 aliphatic heterocycles. The zero-order valence-corrected chi connectivity index (χ0v) is 11.1. The molecule has 1 aliphatic rings. The second-order valence-electron chi connectivity index (χ2n) is 5.19. The van der Waals surface area contributed by atoms with Crippen molar-refractivity contribution in [3.05, 3.63) is 0 Å². The molecule has 0 radical (unpaired) electrons. The molecule has 1 saturated carbocycles. The molecule has 4 nitrogen and oxygen atoms in total. The lowest BCUT2D eigenvalue weighted by Crippen LogP contribution is -2.42. The van der Waals surface area contributed by atoms with Crippen LogP contribution in [0.4, 0.5) is 0 Å². The van der Waals surface area contributed by atoms with Gasteiger partial charge < -0.3 is 14.9 Å². The van der Waals surface area contributed by atoms with Gasteiger partial charge in [0.25, 0.3) is 0 Å². The van der Waals surface area contributed by atoms with Crippen LogP contribution in [0.1, 0.15) is 39.5 Å². The molecule has 4 heteroatoms. The summed E-state index contributed by atoms with van der Waals surface area (Å²) in [7, 11) is 0. The van der Waals surface area contributed by atoms with Crippen LogP contribution in [-0.2, 0) is 4.74 Å². The minimum absolute atomic E-state index is 0.155. The van der Waals surface area contributed by atoms with Gasteiger partial charge in [-0.3, -0.25) is 4.90 Å². The zero-order valence-electron chi connectivity index (χ0n) is 11.1. The molecule has 17 heavy (non-hydrogen) atoms. The van der Waals surface area contributed by atoms with Crippen molar-refractivity contribution in [1.82, 2.24) is 4.90 Å². The van der Waals surface area contributed by atoms with E-state index in [1.807, 2.05) is 13.8 Å². The Kier molecular flexibility index (Phi) is 7.04. The highest BCUT2D eigenvalue weighted by Gasteiger charge is 2.24. The van der Waals surface area contributed by atoms with Gasteiger partial charge in [0.2, 0.25) is 0 Å². The molecule has 1 fully saturated rings. The number of nitrogens with zero attached hydrogens (tertiary/aromatic N) is 1. The van der Waals surface area contributed by atoms with Gasteiger partial charge in [0.1, 0.15) is 0 Å². The van der Waals surface area contributed by atoms with Gasteiger partial charge in [-0.25, -0.2) is 0 Å². The number of hydrogen-bond donors (Lipinski definition) is 2. The molecule has 102 valence electrons. The summed E-state index contributed by atoms with van der Waals surface area (Å²) in [4.78, 5) is 2.21. The first-order chi connectivity index (χ1) is 8.13. The Morgan fingerprint density at radius 1 is 1.29 bits per heavy atom. The van der Waals surface area contributed by atoms with E-state index < -0.39 is 6.10 Å². The van der Waals surface area contributed by atoms with Crippen LogP contribution >= 0.6 is 0 Å². The SMILES string of the molecule is CC(C)OCC(O)CN(CCO)C1CCCC1. The van der Waals surface area contributed by atoms with Crippen LogP contribution in [0.15, 0.2) is 0 Å². The smallest absolute Gasteiger partial charge is 0.0900 e. The Labute approximate surface area is 105 Å². The Bertz CT molecular complexity index is 193. The van der Waals surface area contributed by atoms with Crippen LogP contribution in [0.3, 0.4) is 0 Å². The summed E-state index contributed by atoms with van der Waals surface area (Å²) in [6, 6.07) is 0.538. The largest absolute Gasteiger partial charge is 0.395 e. The van der Waals surface area contributed by atoms with Gasteiger partial charge in [0.15, 0.2) is 0 Å². The average molecular weight is 245 g/mol. The van der Waals surface area contributed by atoms with E-state index in [1.54, 1.807) is 0 Å². The van der Waals surface area contributed by atoms with E-state index in [2.05, 4.69) is 4.90 Å². The Morgan fingerprint density at radius 3 is 2.47 bits per heavy atom. The van der Waals surface area contributed by atoms with Gasteiger partial charge in [-0.05, 0) is 26.7 Å². The van der Waals surface area contributed by atoms with E-state index in [0.29, 0.717) is 25.7 Å². The Hall–Kier alpha value is -0.160. The maximum atomic E-state index is 9.91. The van der Waals surface area contributed by atoms with Gasteiger partial charge in [0.05, 0.1) is 25.4 Å². The fourth-order valence-electron chi connectivity index (χ4n) is 2.45. The summed E-state index contributed by atoms with van der Waals surface area (Å²) in [5, 5.41) is 19.0. The molecular formula is C13H27NO3. The molecule has 0 spiro atoms. The van der Waals surface area contributed by atoms with Crippen molar-refractivity contribution >= 4 is 0 Å². The third kappa shape index (κ3) is 5.82. The second kappa shape index (κ2) is 8.03. The molecule has 0 saturated heterocycles. The molecular weight excluding hydrogens is 218 g/mol. The van der Waals surface area contributed by atoms with E-state index >= 15 is 0 Å². The molecule has 2 N–H and O–H groups in total. The van der Waals surface area contributed by atoms with Gasteiger partial charge in [-0.15, -0.1) is 0 Å². The first-order valence-electron chi connectivity index (χ1n) is 6.78. The van der Waals surface area contributed by atoms with Crippen LogP contribution in [0.25, 0.3) is 0 Å². The van der Waals surface area contributed by atoms with Crippen molar-refractivity contribution in [2.45, 2.75) is 57.8 Å². The molecule has 0 amide bonds. The summed E-state index contributed by atoms with van der Waals surface area (Å²) in [5.41, 5.74) is 0. The Balaban J connectivity index is 2.31. The van der Waals surface area contributed by atoms with Crippen LogP contribution < -0.4 is 0 Å². The molecule has 1 aliphatic carbocycles.